The van der Waals surface area contributed by atoms with Gasteiger partial charge in [-0.15, -0.1) is 0 Å². The first-order valence-corrected chi connectivity index (χ1v) is 9.95. The van der Waals surface area contributed by atoms with E-state index in [2.05, 4.69) is 24.8 Å². The van der Waals surface area contributed by atoms with Crippen molar-refractivity contribution in [3.05, 3.63) is 6.33 Å². The first kappa shape index (κ1) is 17.6. The van der Waals surface area contributed by atoms with E-state index in [1.807, 2.05) is 6.92 Å². The highest BCUT2D eigenvalue weighted by molar-refractivity contribution is 7.46. The summed E-state index contributed by atoms with van der Waals surface area (Å²) in [4.78, 5) is 30.7. The van der Waals surface area contributed by atoms with Crippen LogP contribution in [0.2, 0.25) is 0 Å². The van der Waals surface area contributed by atoms with E-state index in [4.69, 9.17) is 20.3 Å². The van der Waals surface area contributed by atoms with Gasteiger partial charge in [0.15, 0.2) is 17.0 Å². The molecule has 1 saturated heterocycles. The number of anilines is 2. The molecule has 0 amide bonds. The standard InChI is InChI=1S/C14H21N6O5P/c1-7-4-9(5-24-26(21,22)23)25-13(7)20-6-16-10-11(17-8-2-3-8)18-14(15)19-12(10)20/h6-9,13H,2-5H2,1H3,(H2,21,22,23)(H3,15,17,18,19)/t7-,9-,13+/m0/s1. The number of hydrogen-bond donors (Lipinski definition) is 4. The summed E-state index contributed by atoms with van der Waals surface area (Å²) in [5.41, 5.74) is 7.04. The fourth-order valence-corrected chi connectivity index (χ4v) is 3.55. The lowest BCUT2D eigenvalue weighted by Crippen LogP contribution is -2.17. The van der Waals surface area contributed by atoms with Gasteiger partial charge in [-0.2, -0.15) is 9.97 Å². The Kier molecular flexibility index (Phi) is 4.36. The van der Waals surface area contributed by atoms with Crippen LogP contribution in [0, 0.1) is 5.92 Å². The number of nitrogens with zero attached hydrogens (tertiary/aromatic N) is 4. The van der Waals surface area contributed by atoms with Gasteiger partial charge in [-0.3, -0.25) is 9.09 Å². The number of aromatic nitrogens is 4. The number of phosphoric ester groups is 1. The van der Waals surface area contributed by atoms with Crippen molar-refractivity contribution in [3.8, 4) is 0 Å². The van der Waals surface area contributed by atoms with E-state index in [-0.39, 0.29) is 24.7 Å². The number of rotatable bonds is 6. The molecule has 1 saturated carbocycles. The smallest absolute Gasteiger partial charge is 0.368 e. The van der Waals surface area contributed by atoms with Gasteiger partial charge in [0.1, 0.15) is 6.23 Å². The minimum Gasteiger partial charge on any atom is -0.368 e. The van der Waals surface area contributed by atoms with Gasteiger partial charge in [0.2, 0.25) is 5.95 Å². The molecule has 0 spiro atoms. The molecule has 3 atom stereocenters. The van der Waals surface area contributed by atoms with Crippen LogP contribution in [0.15, 0.2) is 6.33 Å². The molecule has 12 heteroatoms. The first-order valence-electron chi connectivity index (χ1n) is 8.42. The molecule has 4 rings (SSSR count). The van der Waals surface area contributed by atoms with Crippen LogP contribution < -0.4 is 11.1 Å². The van der Waals surface area contributed by atoms with Crippen LogP contribution in [-0.2, 0) is 13.8 Å². The largest absolute Gasteiger partial charge is 0.469 e. The third-order valence-electron chi connectivity index (χ3n) is 4.51. The van der Waals surface area contributed by atoms with Crippen LogP contribution >= 0.6 is 7.82 Å². The predicted molar refractivity (Wildman–Crippen MR) is 92.1 cm³/mol. The average Bonchev–Trinajstić information content (AvgIpc) is 3.13. The summed E-state index contributed by atoms with van der Waals surface area (Å²) >= 11 is 0. The average molecular weight is 384 g/mol. The lowest BCUT2D eigenvalue weighted by Gasteiger charge is -2.18. The Morgan fingerprint density at radius 3 is 2.92 bits per heavy atom. The van der Waals surface area contributed by atoms with Crippen molar-refractivity contribution < 1.29 is 23.6 Å². The third-order valence-corrected chi connectivity index (χ3v) is 5.00. The summed E-state index contributed by atoms with van der Waals surface area (Å²) in [6.07, 6.45) is 3.60. The van der Waals surface area contributed by atoms with E-state index in [1.54, 1.807) is 10.9 Å². The van der Waals surface area contributed by atoms with Gasteiger partial charge in [0.05, 0.1) is 19.0 Å². The maximum Gasteiger partial charge on any atom is 0.469 e. The zero-order valence-corrected chi connectivity index (χ0v) is 15.0. The van der Waals surface area contributed by atoms with Crippen molar-refractivity contribution in [2.24, 2.45) is 5.92 Å². The van der Waals surface area contributed by atoms with Crippen LogP contribution in [0.3, 0.4) is 0 Å². The van der Waals surface area contributed by atoms with E-state index < -0.39 is 13.9 Å². The molecule has 2 aromatic heterocycles. The molecule has 3 heterocycles. The highest BCUT2D eigenvalue weighted by Crippen LogP contribution is 2.40. The molecule has 26 heavy (non-hydrogen) atoms. The van der Waals surface area contributed by atoms with Crippen molar-refractivity contribution in [1.82, 2.24) is 19.5 Å². The number of nitrogen functional groups attached to an aromatic ring is 1. The molecule has 1 aliphatic heterocycles. The van der Waals surface area contributed by atoms with Crippen LogP contribution in [0.5, 0.6) is 0 Å². The Balaban J connectivity index is 1.58. The van der Waals surface area contributed by atoms with Gasteiger partial charge in [-0.05, 0) is 19.3 Å². The normalized spacial score (nSPS) is 26.5. The lowest BCUT2D eigenvalue weighted by molar-refractivity contribution is -0.0290. The fourth-order valence-electron chi connectivity index (χ4n) is 3.19. The summed E-state index contributed by atoms with van der Waals surface area (Å²) in [5.74, 6) is 0.837. The highest BCUT2D eigenvalue weighted by Gasteiger charge is 2.36. The van der Waals surface area contributed by atoms with Gasteiger partial charge in [-0.1, -0.05) is 6.92 Å². The molecule has 5 N–H and O–H groups in total. The molecule has 0 unspecified atom stereocenters. The van der Waals surface area contributed by atoms with Crippen LogP contribution in [-0.4, -0.2) is 48.1 Å². The molecule has 2 fully saturated rings. The second-order valence-electron chi connectivity index (χ2n) is 6.82. The maximum absolute atomic E-state index is 10.9. The van der Waals surface area contributed by atoms with Crippen molar-refractivity contribution in [2.75, 3.05) is 17.7 Å². The van der Waals surface area contributed by atoms with Crippen LogP contribution in [0.4, 0.5) is 11.8 Å². The Hall–Kier alpha value is -1.78. The summed E-state index contributed by atoms with van der Waals surface area (Å²) in [7, 11) is -4.52. The van der Waals surface area contributed by atoms with E-state index >= 15 is 0 Å². The van der Waals surface area contributed by atoms with E-state index in [9.17, 15) is 4.57 Å². The summed E-state index contributed by atoms with van der Waals surface area (Å²) in [5, 5.41) is 3.31. The number of phosphoric acid groups is 1. The monoisotopic (exact) mass is 384 g/mol. The molecule has 0 bridgehead atoms. The van der Waals surface area contributed by atoms with Crippen molar-refractivity contribution in [1.29, 1.82) is 0 Å². The SMILES string of the molecule is C[C@H]1C[C@@H](COP(=O)(O)O)O[C@H]1n1cnc2c(NC3CC3)nc(N)nc21. The molecule has 1 aliphatic carbocycles. The van der Waals surface area contributed by atoms with Crippen molar-refractivity contribution in [2.45, 2.75) is 44.6 Å². The Morgan fingerprint density at radius 2 is 2.23 bits per heavy atom. The van der Waals surface area contributed by atoms with E-state index in [1.165, 1.54) is 0 Å². The summed E-state index contributed by atoms with van der Waals surface area (Å²) in [6.45, 7) is 1.81. The molecule has 2 aromatic rings. The molecule has 0 aromatic carbocycles. The van der Waals surface area contributed by atoms with Gasteiger partial charge in [0, 0.05) is 12.0 Å². The third kappa shape index (κ3) is 3.67. The number of ether oxygens (including phenoxy) is 1. The van der Waals surface area contributed by atoms with Gasteiger partial charge in [0.25, 0.3) is 0 Å². The van der Waals surface area contributed by atoms with Gasteiger partial charge < -0.3 is 25.6 Å². The predicted octanol–water partition coefficient (Wildman–Crippen LogP) is 1.02. The van der Waals surface area contributed by atoms with Crippen molar-refractivity contribution in [3.63, 3.8) is 0 Å². The second kappa shape index (κ2) is 6.43. The van der Waals surface area contributed by atoms with E-state index in [0.717, 1.165) is 12.8 Å². The van der Waals surface area contributed by atoms with Gasteiger partial charge >= 0.3 is 7.82 Å². The Bertz CT molecular complexity index is 865. The first-order chi connectivity index (χ1) is 12.3. The number of nitrogens with one attached hydrogen (secondary N) is 1. The van der Waals surface area contributed by atoms with E-state index in [0.29, 0.717) is 29.4 Å². The fraction of sp³-hybridized carbons (Fsp3) is 0.643. The minimum atomic E-state index is -4.52. The zero-order valence-electron chi connectivity index (χ0n) is 14.1. The number of imidazole rings is 1. The summed E-state index contributed by atoms with van der Waals surface area (Å²) in [6, 6.07) is 0.397. The molecule has 11 nitrogen and oxygen atoms in total. The van der Waals surface area contributed by atoms with Crippen LogP contribution in [0.25, 0.3) is 11.2 Å². The molecule has 142 valence electrons. The number of nitrogens with two attached hydrogens (primary N) is 1. The second-order valence-corrected chi connectivity index (χ2v) is 8.06. The van der Waals surface area contributed by atoms with Gasteiger partial charge in [-0.25, -0.2) is 9.55 Å². The molecule has 0 radical (unpaired) electrons. The lowest BCUT2D eigenvalue weighted by atomic mass is 10.1. The van der Waals surface area contributed by atoms with Crippen molar-refractivity contribution >= 4 is 30.8 Å². The molecular formula is C14H21N6O5P. The number of hydrogen-bond acceptors (Lipinski definition) is 8. The minimum absolute atomic E-state index is 0.0776. The summed E-state index contributed by atoms with van der Waals surface area (Å²) < 4.78 is 23.2. The number of fused-ring (bicyclic) bond motifs is 1. The quantitative estimate of drug-likeness (QED) is 0.530. The Morgan fingerprint density at radius 1 is 1.46 bits per heavy atom. The molecular weight excluding hydrogens is 363 g/mol. The Labute approximate surface area is 149 Å². The zero-order chi connectivity index (χ0) is 18.5. The highest BCUT2D eigenvalue weighted by atomic mass is 31.2. The van der Waals surface area contributed by atoms with Crippen LogP contribution in [0.1, 0.15) is 32.4 Å². The maximum atomic E-state index is 10.9. The molecule has 2 aliphatic rings. The topological polar surface area (TPSA) is 158 Å².